The molecule has 2 nitrogen and oxygen atoms in total. The molecule has 0 amide bonds. The molecule has 1 aromatic carbocycles. The first kappa shape index (κ1) is 8.17. The van der Waals surface area contributed by atoms with Gasteiger partial charge in [-0.2, -0.15) is 0 Å². The molecule has 0 aliphatic heterocycles. The van der Waals surface area contributed by atoms with Gasteiger partial charge in [0.25, 0.3) is 0 Å². The van der Waals surface area contributed by atoms with E-state index >= 15 is 0 Å². The first-order chi connectivity index (χ1) is 5.22. The molecule has 0 heterocycles. The lowest BCUT2D eigenvalue weighted by molar-refractivity contribution is 0.575. The van der Waals surface area contributed by atoms with Crippen molar-refractivity contribution in [1.82, 2.24) is 0 Å². The largest absolute Gasteiger partial charge is 0.302 e. The second-order valence-electron chi connectivity index (χ2n) is 2.04. The van der Waals surface area contributed by atoms with Crippen molar-refractivity contribution in [3.05, 3.63) is 42.5 Å². The Morgan fingerprint density at radius 1 is 1.36 bits per heavy atom. The van der Waals surface area contributed by atoms with Gasteiger partial charge in [-0.15, -0.1) is 0 Å². The molecule has 0 spiro atoms. The van der Waals surface area contributed by atoms with Crippen LogP contribution in [0, 0.1) is 0 Å². The zero-order valence-corrected chi connectivity index (χ0v) is 6.67. The molecule has 11 heavy (non-hydrogen) atoms. The highest BCUT2D eigenvalue weighted by atomic mass is 32.2. The van der Waals surface area contributed by atoms with Gasteiger partial charge in [0.15, 0.2) is 11.1 Å². The fourth-order valence-electron chi connectivity index (χ4n) is 0.725. The third kappa shape index (κ3) is 2.00. The van der Waals surface area contributed by atoms with Gasteiger partial charge in [0.2, 0.25) is 0 Å². The van der Waals surface area contributed by atoms with Crippen molar-refractivity contribution < 1.29 is 8.76 Å². The van der Waals surface area contributed by atoms with Crippen LogP contribution >= 0.6 is 0 Å². The molecule has 0 saturated carbocycles. The van der Waals surface area contributed by atoms with E-state index in [-0.39, 0.29) is 4.91 Å². The predicted octanol–water partition coefficient (Wildman–Crippen LogP) is 1.88. The molecule has 1 aromatic rings. The van der Waals surface area contributed by atoms with Gasteiger partial charge in [0, 0.05) is 0 Å². The molecule has 58 valence electrons. The Bertz CT molecular complexity index is 279. The minimum atomic E-state index is -1.96. The average Bonchev–Trinajstić information content (AvgIpc) is 2.05. The van der Waals surface area contributed by atoms with Crippen LogP contribution in [0.25, 0.3) is 4.91 Å². The predicted molar refractivity (Wildman–Crippen MR) is 46.2 cm³/mol. The van der Waals surface area contributed by atoms with E-state index in [9.17, 15) is 4.21 Å². The van der Waals surface area contributed by atoms with Gasteiger partial charge in [-0.3, -0.25) is 0 Å². The third-order valence-electron chi connectivity index (χ3n) is 1.31. The maximum Gasteiger partial charge on any atom is 0.186 e. The summed E-state index contributed by atoms with van der Waals surface area (Å²) in [5.74, 6) is 0. The summed E-state index contributed by atoms with van der Waals surface area (Å²) in [4.78, 5) is 0.241. The molecule has 0 aliphatic rings. The van der Waals surface area contributed by atoms with E-state index in [0.29, 0.717) is 5.56 Å². The molecular formula is C8H8O2S. The van der Waals surface area contributed by atoms with E-state index in [2.05, 4.69) is 6.58 Å². The molecular weight excluding hydrogens is 160 g/mol. The summed E-state index contributed by atoms with van der Waals surface area (Å²) in [7, 11) is 0. The summed E-state index contributed by atoms with van der Waals surface area (Å²) in [5, 5.41) is 0. The van der Waals surface area contributed by atoms with E-state index in [1.807, 2.05) is 6.07 Å². The second-order valence-corrected chi connectivity index (χ2v) is 3.03. The summed E-state index contributed by atoms with van der Waals surface area (Å²) in [5.41, 5.74) is 0.702. The molecule has 0 radical (unpaired) electrons. The topological polar surface area (TPSA) is 37.3 Å². The van der Waals surface area contributed by atoms with E-state index in [0.717, 1.165) is 0 Å². The highest BCUT2D eigenvalue weighted by Gasteiger charge is 2.01. The van der Waals surface area contributed by atoms with Gasteiger partial charge in [-0.1, -0.05) is 36.9 Å². The zero-order chi connectivity index (χ0) is 8.27. The quantitative estimate of drug-likeness (QED) is 0.684. The Morgan fingerprint density at radius 2 is 1.91 bits per heavy atom. The highest BCUT2D eigenvalue weighted by Crippen LogP contribution is 2.13. The van der Waals surface area contributed by atoms with Crippen LogP contribution in [0.5, 0.6) is 0 Å². The standard InChI is InChI=1S/C8H8O2S/c1-7(11(9)10)8-5-3-2-4-6-8/h2-6H,1H2,(H,9,10). The fraction of sp³-hybridized carbons (Fsp3) is 0. The summed E-state index contributed by atoms with van der Waals surface area (Å²) in [6, 6.07) is 8.94. The van der Waals surface area contributed by atoms with Crippen LogP contribution in [0.1, 0.15) is 5.56 Å². The van der Waals surface area contributed by atoms with Gasteiger partial charge < -0.3 is 4.55 Å². The van der Waals surface area contributed by atoms with Crippen LogP contribution in [-0.4, -0.2) is 8.76 Å². The molecule has 0 fully saturated rings. The fourth-order valence-corrected chi connectivity index (χ4v) is 1.06. The summed E-state index contributed by atoms with van der Waals surface area (Å²) >= 11 is -1.96. The number of rotatable bonds is 2. The highest BCUT2D eigenvalue weighted by molar-refractivity contribution is 7.89. The second kappa shape index (κ2) is 3.46. The van der Waals surface area contributed by atoms with E-state index < -0.39 is 11.1 Å². The van der Waals surface area contributed by atoms with Gasteiger partial charge in [-0.05, 0) is 5.56 Å². The molecule has 0 saturated heterocycles. The first-order valence-electron chi connectivity index (χ1n) is 3.07. The summed E-state index contributed by atoms with van der Waals surface area (Å²) < 4.78 is 19.2. The Balaban J connectivity index is 2.95. The van der Waals surface area contributed by atoms with Crippen molar-refractivity contribution in [3.8, 4) is 0 Å². The summed E-state index contributed by atoms with van der Waals surface area (Å²) in [6.07, 6.45) is 0. The maximum atomic E-state index is 10.5. The Labute approximate surface area is 67.8 Å². The molecule has 0 aromatic heterocycles. The molecule has 1 unspecified atom stereocenters. The van der Waals surface area contributed by atoms with E-state index in [1.54, 1.807) is 24.3 Å². The van der Waals surface area contributed by atoms with E-state index in [4.69, 9.17) is 4.55 Å². The molecule has 1 N–H and O–H groups in total. The van der Waals surface area contributed by atoms with Crippen LogP contribution in [0.2, 0.25) is 0 Å². The van der Waals surface area contributed by atoms with Crippen LogP contribution in [0.4, 0.5) is 0 Å². The van der Waals surface area contributed by atoms with Crippen molar-refractivity contribution in [2.75, 3.05) is 0 Å². The minimum Gasteiger partial charge on any atom is -0.302 e. The number of hydrogen-bond acceptors (Lipinski definition) is 1. The SMILES string of the molecule is C=C(c1ccccc1)S(=O)O. The smallest absolute Gasteiger partial charge is 0.186 e. The van der Waals surface area contributed by atoms with Gasteiger partial charge >= 0.3 is 0 Å². The molecule has 0 bridgehead atoms. The Morgan fingerprint density at radius 3 is 2.36 bits per heavy atom. The van der Waals surface area contributed by atoms with Crippen LogP contribution < -0.4 is 0 Å². The lowest BCUT2D eigenvalue weighted by Crippen LogP contribution is -1.89. The minimum absolute atomic E-state index is 0.241. The summed E-state index contributed by atoms with van der Waals surface area (Å²) in [6.45, 7) is 3.47. The van der Waals surface area contributed by atoms with Crippen LogP contribution in [-0.2, 0) is 11.1 Å². The number of hydrogen-bond donors (Lipinski definition) is 1. The normalized spacial score (nSPS) is 12.5. The lowest BCUT2D eigenvalue weighted by atomic mass is 10.2. The van der Waals surface area contributed by atoms with Gasteiger partial charge in [-0.25, -0.2) is 4.21 Å². The number of benzene rings is 1. The van der Waals surface area contributed by atoms with Crippen molar-refractivity contribution in [2.24, 2.45) is 0 Å². The monoisotopic (exact) mass is 168 g/mol. The molecule has 3 heteroatoms. The van der Waals surface area contributed by atoms with Crippen molar-refractivity contribution in [3.63, 3.8) is 0 Å². The average molecular weight is 168 g/mol. The maximum absolute atomic E-state index is 10.5. The van der Waals surface area contributed by atoms with Crippen LogP contribution in [0.15, 0.2) is 36.9 Å². The van der Waals surface area contributed by atoms with Crippen molar-refractivity contribution >= 4 is 16.0 Å². The first-order valence-corrected chi connectivity index (χ1v) is 4.17. The zero-order valence-electron chi connectivity index (χ0n) is 5.86. The molecule has 1 atom stereocenters. The van der Waals surface area contributed by atoms with Crippen molar-refractivity contribution in [2.45, 2.75) is 0 Å². The molecule has 0 aliphatic carbocycles. The lowest BCUT2D eigenvalue weighted by Gasteiger charge is -1.98. The van der Waals surface area contributed by atoms with Gasteiger partial charge in [0.1, 0.15) is 0 Å². The third-order valence-corrected chi connectivity index (χ3v) is 1.96. The Hall–Kier alpha value is -0.930. The Kier molecular flexibility index (Phi) is 2.57. The van der Waals surface area contributed by atoms with Gasteiger partial charge in [0.05, 0.1) is 4.91 Å². The van der Waals surface area contributed by atoms with E-state index in [1.165, 1.54) is 0 Å². The van der Waals surface area contributed by atoms with Crippen LogP contribution in [0.3, 0.4) is 0 Å². The molecule has 1 rings (SSSR count). The van der Waals surface area contributed by atoms with Crippen molar-refractivity contribution in [1.29, 1.82) is 0 Å².